The predicted octanol–water partition coefficient (Wildman–Crippen LogP) is 1.20. The topological polar surface area (TPSA) is 58.3 Å². The van der Waals surface area contributed by atoms with Gasteiger partial charge in [-0.3, -0.25) is 5.01 Å². The standard InChI is InChI=1S/C10H17N5/c1-6(2)15-10-8(7(3)14(15)4)9(11)12-5-13-10/h5-7H,1-4H3,(H2,11,12,13). The molecule has 1 unspecified atom stereocenters. The lowest BCUT2D eigenvalue weighted by atomic mass is 10.1. The van der Waals surface area contributed by atoms with Crippen LogP contribution in [0.2, 0.25) is 0 Å². The van der Waals surface area contributed by atoms with Gasteiger partial charge in [0.05, 0.1) is 11.6 Å². The first-order chi connectivity index (χ1) is 7.04. The molecule has 0 saturated carbocycles. The summed E-state index contributed by atoms with van der Waals surface area (Å²) in [5.74, 6) is 1.52. The van der Waals surface area contributed by atoms with Crippen LogP contribution in [0.15, 0.2) is 6.33 Å². The van der Waals surface area contributed by atoms with Gasteiger partial charge in [0.25, 0.3) is 0 Å². The van der Waals surface area contributed by atoms with E-state index >= 15 is 0 Å². The van der Waals surface area contributed by atoms with Gasteiger partial charge in [-0.25, -0.2) is 15.0 Å². The molecule has 0 spiro atoms. The van der Waals surface area contributed by atoms with E-state index in [9.17, 15) is 0 Å². The van der Waals surface area contributed by atoms with Crippen LogP contribution in [0.5, 0.6) is 0 Å². The van der Waals surface area contributed by atoms with Crippen LogP contribution < -0.4 is 10.7 Å². The Balaban J connectivity index is 2.55. The molecule has 5 heteroatoms. The molecule has 0 radical (unpaired) electrons. The summed E-state index contributed by atoms with van der Waals surface area (Å²) in [5.41, 5.74) is 6.92. The number of fused-ring (bicyclic) bond motifs is 1. The summed E-state index contributed by atoms with van der Waals surface area (Å²) in [6, 6.07) is 0.608. The second-order valence-electron chi connectivity index (χ2n) is 4.18. The van der Waals surface area contributed by atoms with Crippen molar-refractivity contribution in [3.8, 4) is 0 Å². The lowest BCUT2D eigenvalue weighted by molar-refractivity contribution is 0.246. The Bertz CT molecular complexity index is 376. The van der Waals surface area contributed by atoms with Crippen molar-refractivity contribution in [1.29, 1.82) is 0 Å². The lowest BCUT2D eigenvalue weighted by Crippen LogP contribution is -2.41. The van der Waals surface area contributed by atoms with E-state index in [4.69, 9.17) is 5.73 Å². The molecule has 1 aliphatic rings. The number of aromatic nitrogens is 2. The first-order valence-electron chi connectivity index (χ1n) is 5.16. The second kappa shape index (κ2) is 3.34. The molecule has 1 atom stereocenters. The van der Waals surface area contributed by atoms with E-state index < -0.39 is 0 Å². The fourth-order valence-corrected chi connectivity index (χ4v) is 2.11. The Morgan fingerprint density at radius 3 is 2.67 bits per heavy atom. The maximum Gasteiger partial charge on any atom is 0.153 e. The third kappa shape index (κ3) is 1.34. The number of anilines is 2. The van der Waals surface area contributed by atoms with E-state index in [1.54, 1.807) is 0 Å². The van der Waals surface area contributed by atoms with Gasteiger partial charge in [0.15, 0.2) is 5.82 Å². The maximum atomic E-state index is 5.88. The van der Waals surface area contributed by atoms with Gasteiger partial charge in [-0.15, -0.1) is 0 Å². The van der Waals surface area contributed by atoms with E-state index in [-0.39, 0.29) is 6.04 Å². The zero-order valence-electron chi connectivity index (χ0n) is 9.60. The van der Waals surface area contributed by atoms with E-state index in [1.807, 2.05) is 7.05 Å². The molecular weight excluding hydrogens is 190 g/mol. The SMILES string of the molecule is CC1c2c(N)ncnc2N(C(C)C)N1C. The monoisotopic (exact) mass is 207 g/mol. The molecule has 0 bridgehead atoms. The zero-order chi connectivity index (χ0) is 11.2. The average Bonchev–Trinajstić information content (AvgIpc) is 2.41. The van der Waals surface area contributed by atoms with Gasteiger partial charge >= 0.3 is 0 Å². The van der Waals surface area contributed by atoms with Crippen molar-refractivity contribution in [3.63, 3.8) is 0 Å². The molecule has 1 aromatic heterocycles. The Morgan fingerprint density at radius 2 is 2.07 bits per heavy atom. The van der Waals surface area contributed by atoms with Crippen LogP contribution in [-0.4, -0.2) is 28.1 Å². The highest BCUT2D eigenvalue weighted by Gasteiger charge is 2.35. The molecule has 0 aliphatic carbocycles. The summed E-state index contributed by atoms with van der Waals surface area (Å²) in [7, 11) is 2.05. The van der Waals surface area contributed by atoms with Crippen LogP contribution in [0.3, 0.4) is 0 Å². The fraction of sp³-hybridized carbons (Fsp3) is 0.600. The van der Waals surface area contributed by atoms with Crippen LogP contribution >= 0.6 is 0 Å². The Labute approximate surface area is 89.9 Å². The molecule has 0 amide bonds. The minimum atomic E-state index is 0.239. The van der Waals surface area contributed by atoms with Crippen molar-refractivity contribution in [3.05, 3.63) is 11.9 Å². The highest BCUT2D eigenvalue weighted by molar-refractivity contribution is 5.61. The number of nitrogen functional groups attached to an aromatic ring is 1. The Hall–Kier alpha value is -1.36. The van der Waals surface area contributed by atoms with Crippen molar-refractivity contribution < 1.29 is 0 Å². The van der Waals surface area contributed by atoms with Crippen LogP contribution in [-0.2, 0) is 0 Å². The largest absolute Gasteiger partial charge is 0.383 e. The van der Waals surface area contributed by atoms with Gasteiger partial charge in [-0.1, -0.05) is 0 Å². The van der Waals surface area contributed by atoms with Crippen LogP contribution in [0, 0.1) is 0 Å². The molecule has 2 rings (SSSR count). The number of nitrogens with zero attached hydrogens (tertiary/aromatic N) is 4. The molecule has 15 heavy (non-hydrogen) atoms. The highest BCUT2D eigenvalue weighted by atomic mass is 15.7. The molecule has 5 nitrogen and oxygen atoms in total. The number of nitrogens with two attached hydrogens (primary N) is 1. The van der Waals surface area contributed by atoms with Gasteiger partial charge in [0.2, 0.25) is 0 Å². The number of hydrogen-bond donors (Lipinski definition) is 1. The molecule has 0 fully saturated rings. The first-order valence-corrected chi connectivity index (χ1v) is 5.16. The molecule has 0 saturated heterocycles. The van der Waals surface area contributed by atoms with Crippen molar-refractivity contribution >= 4 is 11.6 Å². The Kier molecular flexibility index (Phi) is 2.26. The lowest BCUT2D eigenvalue weighted by Gasteiger charge is -2.31. The van der Waals surface area contributed by atoms with E-state index in [2.05, 4.69) is 40.8 Å². The summed E-state index contributed by atoms with van der Waals surface area (Å²) in [6.07, 6.45) is 1.52. The van der Waals surface area contributed by atoms with Crippen LogP contribution in [0.25, 0.3) is 0 Å². The normalized spacial score (nSPS) is 21.1. The minimum Gasteiger partial charge on any atom is -0.383 e. The predicted molar refractivity (Wildman–Crippen MR) is 60.2 cm³/mol. The summed E-state index contributed by atoms with van der Waals surface area (Å²) in [5, 5.41) is 4.30. The molecule has 1 aliphatic heterocycles. The zero-order valence-corrected chi connectivity index (χ0v) is 9.60. The third-order valence-electron chi connectivity index (χ3n) is 2.92. The van der Waals surface area contributed by atoms with Crippen LogP contribution in [0.4, 0.5) is 11.6 Å². The molecule has 2 heterocycles. The van der Waals surface area contributed by atoms with Gasteiger partial charge in [0.1, 0.15) is 12.1 Å². The molecule has 1 aromatic rings. The fourth-order valence-electron chi connectivity index (χ4n) is 2.11. The van der Waals surface area contributed by atoms with E-state index in [1.165, 1.54) is 6.33 Å². The molecule has 82 valence electrons. The molecule has 0 aromatic carbocycles. The number of rotatable bonds is 1. The third-order valence-corrected chi connectivity index (χ3v) is 2.92. The van der Waals surface area contributed by atoms with Crippen LogP contribution in [0.1, 0.15) is 32.4 Å². The Morgan fingerprint density at radius 1 is 1.40 bits per heavy atom. The molecular formula is C10H17N5. The highest BCUT2D eigenvalue weighted by Crippen LogP contribution is 2.40. The van der Waals surface area contributed by atoms with Gasteiger partial charge in [0, 0.05) is 13.1 Å². The van der Waals surface area contributed by atoms with Crippen molar-refractivity contribution in [2.45, 2.75) is 32.9 Å². The van der Waals surface area contributed by atoms with Crippen molar-refractivity contribution in [1.82, 2.24) is 15.0 Å². The van der Waals surface area contributed by atoms with Gasteiger partial charge < -0.3 is 5.73 Å². The maximum absolute atomic E-state index is 5.88. The quantitative estimate of drug-likeness (QED) is 0.749. The molecule has 2 N–H and O–H groups in total. The summed E-state index contributed by atoms with van der Waals surface area (Å²) >= 11 is 0. The number of hydrazine groups is 1. The van der Waals surface area contributed by atoms with E-state index in [0.29, 0.717) is 11.9 Å². The first kappa shape index (κ1) is 10.2. The summed E-state index contributed by atoms with van der Waals surface area (Å²) in [6.45, 7) is 6.38. The van der Waals surface area contributed by atoms with Crippen molar-refractivity contribution in [2.75, 3.05) is 17.8 Å². The van der Waals surface area contributed by atoms with E-state index in [0.717, 1.165) is 11.4 Å². The second-order valence-corrected chi connectivity index (χ2v) is 4.18. The summed E-state index contributed by atoms with van der Waals surface area (Å²) < 4.78 is 0. The summed E-state index contributed by atoms with van der Waals surface area (Å²) in [4.78, 5) is 8.36. The van der Waals surface area contributed by atoms with Gasteiger partial charge in [-0.2, -0.15) is 0 Å². The number of hydrogen-bond acceptors (Lipinski definition) is 5. The smallest absolute Gasteiger partial charge is 0.153 e. The minimum absolute atomic E-state index is 0.239. The van der Waals surface area contributed by atoms with Crippen molar-refractivity contribution in [2.24, 2.45) is 0 Å². The van der Waals surface area contributed by atoms with Gasteiger partial charge in [-0.05, 0) is 20.8 Å². The average molecular weight is 207 g/mol.